The summed E-state index contributed by atoms with van der Waals surface area (Å²) in [4.78, 5) is 13.0. The van der Waals surface area contributed by atoms with E-state index in [2.05, 4.69) is 19.8 Å². The Labute approximate surface area is 147 Å². The molecule has 132 valence electrons. The summed E-state index contributed by atoms with van der Waals surface area (Å²) in [6, 6.07) is 8.89. The molecule has 25 heavy (non-hydrogen) atoms. The number of aromatic nitrogens is 2. The molecular weight excluding hydrogens is 319 g/mol. The molecule has 0 bridgehead atoms. The molecular formula is C19H23FN4O. The predicted molar refractivity (Wildman–Crippen MR) is 94.2 cm³/mol. The minimum atomic E-state index is -0.421. The molecule has 0 N–H and O–H groups in total. The van der Waals surface area contributed by atoms with Crippen molar-refractivity contribution in [3.63, 3.8) is 0 Å². The molecule has 0 saturated carbocycles. The van der Waals surface area contributed by atoms with Gasteiger partial charge >= 0.3 is 0 Å². The molecule has 1 atom stereocenters. The van der Waals surface area contributed by atoms with Crippen molar-refractivity contribution in [1.29, 1.82) is 0 Å². The fraction of sp³-hybridized carbons (Fsp3) is 0.474. The summed E-state index contributed by atoms with van der Waals surface area (Å²) in [5, 5.41) is 0. The highest BCUT2D eigenvalue weighted by atomic mass is 19.1. The van der Waals surface area contributed by atoms with Gasteiger partial charge in [0, 0.05) is 38.9 Å². The fourth-order valence-electron chi connectivity index (χ4n) is 3.62. The van der Waals surface area contributed by atoms with E-state index in [9.17, 15) is 4.39 Å². The summed E-state index contributed by atoms with van der Waals surface area (Å²) in [5.74, 6) is 1.42. The quantitative estimate of drug-likeness (QED) is 0.782. The summed E-state index contributed by atoms with van der Waals surface area (Å²) >= 11 is 0. The van der Waals surface area contributed by atoms with Crippen LogP contribution >= 0.6 is 0 Å². The van der Waals surface area contributed by atoms with E-state index in [1.807, 2.05) is 24.4 Å². The average molecular weight is 342 g/mol. The van der Waals surface area contributed by atoms with Crippen LogP contribution in [0.3, 0.4) is 0 Å². The summed E-state index contributed by atoms with van der Waals surface area (Å²) in [6.45, 7) is 4.52. The van der Waals surface area contributed by atoms with E-state index < -0.39 is 5.95 Å². The van der Waals surface area contributed by atoms with Gasteiger partial charge in [-0.2, -0.15) is 4.39 Å². The van der Waals surface area contributed by atoms with Gasteiger partial charge in [-0.25, -0.2) is 9.97 Å². The Morgan fingerprint density at radius 2 is 2.00 bits per heavy atom. The molecule has 1 unspecified atom stereocenters. The van der Waals surface area contributed by atoms with Crippen LogP contribution in [-0.2, 0) is 6.54 Å². The summed E-state index contributed by atoms with van der Waals surface area (Å²) in [5.41, 5.74) is 0.764. The van der Waals surface area contributed by atoms with Crippen molar-refractivity contribution in [3.05, 3.63) is 48.2 Å². The van der Waals surface area contributed by atoms with Gasteiger partial charge in [0.05, 0.1) is 5.69 Å². The Kier molecular flexibility index (Phi) is 4.78. The lowest BCUT2D eigenvalue weighted by atomic mass is 10.3. The van der Waals surface area contributed by atoms with E-state index in [4.69, 9.17) is 4.74 Å². The fourth-order valence-corrected chi connectivity index (χ4v) is 3.62. The van der Waals surface area contributed by atoms with Crippen LogP contribution in [-0.4, -0.2) is 47.2 Å². The minimum Gasteiger partial charge on any atom is -0.485 e. The molecule has 2 aromatic rings. The highest BCUT2D eigenvalue weighted by Crippen LogP contribution is 2.30. The molecule has 2 aliphatic rings. The second-order valence-corrected chi connectivity index (χ2v) is 6.73. The Balaban J connectivity index is 1.38. The maximum Gasteiger partial charge on any atom is 0.213 e. The summed E-state index contributed by atoms with van der Waals surface area (Å²) < 4.78 is 19.5. The van der Waals surface area contributed by atoms with E-state index in [1.165, 1.54) is 18.9 Å². The van der Waals surface area contributed by atoms with Gasteiger partial charge < -0.3 is 9.64 Å². The molecule has 2 aromatic heterocycles. The first-order valence-corrected chi connectivity index (χ1v) is 8.98. The Hall–Kier alpha value is -2.21. The third kappa shape index (κ3) is 3.90. The van der Waals surface area contributed by atoms with Crippen LogP contribution in [0.15, 0.2) is 36.5 Å². The predicted octanol–water partition coefficient (Wildman–Crippen LogP) is 2.87. The molecule has 4 heterocycles. The summed E-state index contributed by atoms with van der Waals surface area (Å²) in [7, 11) is 0. The first kappa shape index (κ1) is 16.3. The van der Waals surface area contributed by atoms with Crippen LogP contribution < -0.4 is 9.64 Å². The second kappa shape index (κ2) is 7.35. The maximum absolute atomic E-state index is 13.2. The Morgan fingerprint density at radius 1 is 1.12 bits per heavy atom. The highest BCUT2D eigenvalue weighted by molar-refractivity contribution is 5.52. The van der Waals surface area contributed by atoms with Crippen LogP contribution in [0.5, 0.6) is 5.75 Å². The van der Waals surface area contributed by atoms with Gasteiger partial charge in [-0.3, -0.25) is 4.90 Å². The lowest BCUT2D eigenvalue weighted by Crippen LogP contribution is -2.26. The van der Waals surface area contributed by atoms with E-state index in [0.717, 1.165) is 49.9 Å². The number of likely N-dealkylation sites (tertiary alicyclic amines) is 1. The molecule has 2 aliphatic heterocycles. The van der Waals surface area contributed by atoms with Crippen molar-refractivity contribution < 1.29 is 9.13 Å². The molecule has 2 fully saturated rings. The number of pyridine rings is 2. The van der Waals surface area contributed by atoms with Crippen molar-refractivity contribution in [2.45, 2.75) is 31.9 Å². The maximum atomic E-state index is 13.2. The zero-order valence-electron chi connectivity index (χ0n) is 14.3. The largest absolute Gasteiger partial charge is 0.485 e. The van der Waals surface area contributed by atoms with Gasteiger partial charge in [-0.05, 0) is 43.5 Å². The van der Waals surface area contributed by atoms with Gasteiger partial charge in [0.25, 0.3) is 0 Å². The van der Waals surface area contributed by atoms with Crippen molar-refractivity contribution in [1.82, 2.24) is 14.9 Å². The van der Waals surface area contributed by atoms with E-state index in [1.54, 1.807) is 6.07 Å². The van der Waals surface area contributed by atoms with Crippen LogP contribution in [0, 0.1) is 5.95 Å². The minimum absolute atomic E-state index is 0.138. The normalized spacial score (nSPS) is 21.0. The van der Waals surface area contributed by atoms with Gasteiger partial charge in [-0.1, -0.05) is 6.07 Å². The van der Waals surface area contributed by atoms with Crippen molar-refractivity contribution in [3.8, 4) is 5.75 Å². The molecule has 4 rings (SSSR count). The monoisotopic (exact) mass is 342 g/mol. The van der Waals surface area contributed by atoms with Crippen LogP contribution in [0.2, 0.25) is 0 Å². The van der Waals surface area contributed by atoms with Crippen LogP contribution in [0.4, 0.5) is 10.2 Å². The third-order valence-electron chi connectivity index (χ3n) is 4.84. The molecule has 6 heteroatoms. The number of anilines is 1. The van der Waals surface area contributed by atoms with Gasteiger partial charge in [0.1, 0.15) is 6.10 Å². The number of halogens is 1. The third-order valence-corrected chi connectivity index (χ3v) is 4.84. The molecule has 0 spiro atoms. The van der Waals surface area contributed by atoms with Gasteiger partial charge in [0.15, 0.2) is 11.6 Å². The van der Waals surface area contributed by atoms with Crippen LogP contribution in [0.25, 0.3) is 0 Å². The zero-order chi connectivity index (χ0) is 17.1. The van der Waals surface area contributed by atoms with Gasteiger partial charge in [0.2, 0.25) is 5.95 Å². The number of hydrogen-bond donors (Lipinski definition) is 0. The first-order chi connectivity index (χ1) is 12.3. The molecule has 0 amide bonds. The zero-order valence-corrected chi connectivity index (χ0v) is 14.3. The second-order valence-electron chi connectivity index (χ2n) is 6.73. The SMILES string of the molecule is Fc1cccc(CN2CCC(Oc3cccnc3N3CCCC3)C2)n1. The van der Waals surface area contributed by atoms with Crippen LogP contribution in [0.1, 0.15) is 25.0 Å². The summed E-state index contributed by atoms with van der Waals surface area (Å²) in [6.07, 6.45) is 5.36. The Morgan fingerprint density at radius 3 is 2.84 bits per heavy atom. The van der Waals surface area contributed by atoms with E-state index >= 15 is 0 Å². The lowest BCUT2D eigenvalue weighted by molar-refractivity contribution is 0.197. The van der Waals surface area contributed by atoms with Crippen molar-refractivity contribution >= 4 is 5.82 Å². The number of hydrogen-bond acceptors (Lipinski definition) is 5. The topological polar surface area (TPSA) is 41.5 Å². The molecule has 5 nitrogen and oxygen atoms in total. The van der Waals surface area contributed by atoms with E-state index in [0.29, 0.717) is 6.54 Å². The first-order valence-electron chi connectivity index (χ1n) is 8.98. The smallest absolute Gasteiger partial charge is 0.213 e. The standard InChI is InChI=1S/C19H23FN4O/c20-18-7-3-5-15(22-18)13-23-12-8-16(14-23)25-17-6-4-9-21-19(17)24-10-1-2-11-24/h3-7,9,16H,1-2,8,10-14H2. The van der Waals surface area contributed by atoms with Crippen molar-refractivity contribution in [2.75, 3.05) is 31.1 Å². The lowest BCUT2D eigenvalue weighted by Gasteiger charge is -2.22. The molecule has 0 radical (unpaired) electrons. The van der Waals surface area contributed by atoms with Crippen molar-refractivity contribution in [2.24, 2.45) is 0 Å². The van der Waals surface area contributed by atoms with E-state index in [-0.39, 0.29) is 6.10 Å². The molecule has 0 aliphatic carbocycles. The van der Waals surface area contributed by atoms with Gasteiger partial charge in [-0.15, -0.1) is 0 Å². The molecule has 2 saturated heterocycles. The Bertz CT molecular complexity index is 720. The average Bonchev–Trinajstić information content (AvgIpc) is 3.28. The molecule has 0 aromatic carbocycles. The number of ether oxygens (including phenoxy) is 1. The highest BCUT2D eigenvalue weighted by Gasteiger charge is 2.26. The number of nitrogens with zero attached hydrogens (tertiary/aromatic N) is 4. The number of rotatable bonds is 5.